The Hall–Kier alpha value is -1.84. The molecule has 0 bridgehead atoms. The largest absolute Gasteiger partial charge is 0.399 e. The quantitative estimate of drug-likeness (QED) is 0.456. The molecular formula is C12H16N4. The fraction of sp³-hybridized carbons (Fsp3) is 0.333. The molecule has 0 unspecified atom stereocenters. The van der Waals surface area contributed by atoms with Gasteiger partial charge in [0.05, 0.1) is 0 Å². The van der Waals surface area contributed by atoms with E-state index in [-0.39, 0.29) is 0 Å². The normalized spacial score (nSPS) is 16.9. The van der Waals surface area contributed by atoms with E-state index in [1.165, 1.54) is 24.7 Å². The average Bonchev–Trinajstić information content (AvgIpc) is 3.09. The van der Waals surface area contributed by atoms with E-state index in [2.05, 4.69) is 9.98 Å². The van der Waals surface area contributed by atoms with Crippen molar-refractivity contribution in [1.82, 2.24) is 0 Å². The van der Waals surface area contributed by atoms with Gasteiger partial charge in [-0.15, -0.1) is 0 Å². The van der Waals surface area contributed by atoms with Gasteiger partial charge in [0, 0.05) is 18.3 Å². The molecular weight excluding hydrogens is 200 g/mol. The fourth-order valence-corrected chi connectivity index (χ4v) is 1.74. The van der Waals surface area contributed by atoms with E-state index in [1.54, 1.807) is 7.05 Å². The van der Waals surface area contributed by atoms with Gasteiger partial charge < -0.3 is 11.5 Å². The van der Waals surface area contributed by atoms with Gasteiger partial charge in [-0.3, -0.25) is 4.99 Å². The molecule has 0 aliphatic heterocycles. The van der Waals surface area contributed by atoms with Crippen molar-refractivity contribution in [3.8, 4) is 0 Å². The van der Waals surface area contributed by atoms with Crippen molar-refractivity contribution in [2.24, 2.45) is 15.7 Å². The third kappa shape index (κ3) is 2.21. The van der Waals surface area contributed by atoms with Gasteiger partial charge in [-0.05, 0) is 36.5 Å². The van der Waals surface area contributed by atoms with E-state index in [4.69, 9.17) is 11.5 Å². The number of amidine groups is 1. The van der Waals surface area contributed by atoms with Gasteiger partial charge in [0.1, 0.15) is 12.2 Å². The highest BCUT2D eigenvalue weighted by molar-refractivity contribution is 6.03. The van der Waals surface area contributed by atoms with Crippen LogP contribution in [0.2, 0.25) is 0 Å². The molecule has 1 aliphatic rings. The summed E-state index contributed by atoms with van der Waals surface area (Å²) in [5.41, 5.74) is 14.6. The first-order valence-electron chi connectivity index (χ1n) is 5.36. The number of benzene rings is 1. The topological polar surface area (TPSA) is 76.8 Å². The molecule has 4 nitrogen and oxygen atoms in total. The van der Waals surface area contributed by atoms with Crippen LogP contribution in [0.4, 0.5) is 5.69 Å². The summed E-state index contributed by atoms with van der Waals surface area (Å²) in [7, 11) is 1.66. The number of aliphatic imine (C=N–C) groups is 2. The van der Waals surface area contributed by atoms with E-state index in [9.17, 15) is 0 Å². The van der Waals surface area contributed by atoms with Crippen molar-refractivity contribution in [2.45, 2.75) is 18.8 Å². The number of rotatable bonds is 3. The minimum atomic E-state index is 0.486. The number of hydrogen-bond donors (Lipinski definition) is 2. The van der Waals surface area contributed by atoms with Gasteiger partial charge >= 0.3 is 0 Å². The Labute approximate surface area is 95.1 Å². The highest BCUT2D eigenvalue weighted by Gasteiger charge is 2.26. The first-order valence-corrected chi connectivity index (χ1v) is 5.36. The zero-order valence-corrected chi connectivity index (χ0v) is 9.35. The van der Waals surface area contributed by atoms with Crippen molar-refractivity contribution in [3.05, 3.63) is 29.3 Å². The number of nitrogen functional groups attached to an aromatic ring is 1. The summed E-state index contributed by atoms with van der Waals surface area (Å²) in [5.74, 6) is 1.11. The molecule has 1 aromatic carbocycles. The minimum absolute atomic E-state index is 0.486. The number of anilines is 1. The molecule has 1 saturated carbocycles. The predicted octanol–water partition coefficient (Wildman–Crippen LogP) is 1.51. The van der Waals surface area contributed by atoms with E-state index in [1.807, 2.05) is 18.2 Å². The van der Waals surface area contributed by atoms with Crippen molar-refractivity contribution >= 4 is 17.9 Å². The molecule has 1 fully saturated rings. The van der Waals surface area contributed by atoms with Crippen LogP contribution in [-0.4, -0.2) is 19.2 Å². The van der Waals surface area contributed by atoms with Crippen LogP contribution < -0.4 is 11.5 Å². The van der Waals surface area contributed by atoms with E-state index in [0.29, 0.717) is 17.4 Å². The van der Waals surface area contributed by atoms with Crippen LogP contribution in [0.3, 0.4) is 0 Å². The summed E-state index contributed by atoms with van der Waals surface area (Å²) in [6, 6.07) is 5.85. The smallest absolute Gasteiger partial charge is 0.132 e. The van der Waals surface area contributed by atoms with Crippen LogP contribution >= 0.6 is 0 Å². The zero-order chi connectivity index (χ0) is 11.5. The van der Waals surface area contributed by atoms with Crippen LogP contribution in [0.1, 0.15) is 29.9 Å². The molecule has 0 spiro atoms. The lowest BCUT2D eigenvalue weighted by Crippen LogP contribution is -2.16. The molecule has 0 radical (unpaired) electrons. The summed E-state index contributed by atoms with van der Waals surface area (Å²) >= 11 is 0. The van der Waals surface area contributed by atoms with E-state index < -0.39 is 0 Å². The molecule has 2 rings (SSSR count). The van der Waals surface area contributed by atoms with Crippen molar-refractivity contribution in [2.75, 3.05) is 12.8 Å². The highest BCUT2D eigenvalue weighted by Crippen LogP contribution is 2.41. The van der Waals surface area contributed by atoms with Crippen LogP contribution in [0.5, 0.6) is 0 Å². The lowest BCUT2D eigenvalue weighted by Gasteiger charge is -2.08. The lowest BCUT2D eigenvalue weighted by atomic mass is 10.0. The standard InChI is InChI=1S/C12H16N4/c1-15-7-16-12(14)11-6-9(13)4-5-10(11)8-2-3-8/h4-8H,2-3,13H2,1H3,(H2,14,15,16). The second-order valence-corrected chi connectivity index (χ2v) is 4.01. The molecule has 0 saturated heterocycles. The van der Waals surface area contributed by atoms with Gasteiger partial charge in [-0.25, -0.2) is 4.99 Å². The number of hydrogen-bond acceptors (Lipinski definition) is 2. The monoisotopic (exact) mass is 216 g/mol. The Balaban J connectivity index is 2.40. The Morgan fingerprint density at radius 2 is 2.19 bits per heavy atom. The molecule has 1 aromatic rings. The SMILES string of the molecule is CN=CN=C(N)c1cc(N)ccc1C1CC1. The molecule has 1 aliphatic carbocycles. The minimum Gasteiger partial charge on any atom is -0.399 e. The van der Waals surface area contributed by atoms with Gasteiger partial charge in [0.2, 0.25) is 0 Å². The molecule has 16 heavy (non-hydrogen) atoms. The third-order valence-corrected chi connectivity index (χ3v) is 2.68. The average molecular weight is 216 g/mol. The van der Waals surface area contributed by atoms with Crippen LogP contribution in [0.25, 0.3) is 0 Å². The summed E-state index contributed by atoms with van der Waals surface area (Å²) in [5, 5.41) is 0. The molecule has 0 amide bonds. The Morgan fingerprint density at radius 1 is 1.44 bits per heavy atom. The van der Waals surface area contributed by atoms with Crippen LogP contribution in [0.15, 0.2) is 28.2 Å². The molecule has 0 heterocycles. The maximum atomic E-state index is 5.92. The molecule has 0 aromatic heterocycles. The molecule has 84 valence electrons. The lowest BCUT2D eigenvalue weighted by molar-refractivity contribution is 1.12. The molecule has 4 heteroatoms. The van der Waals surface area contributed by atoms with E-state index >= 15 is 0 Å². The highest BCUT2D eigenvalue weighted by atomic mass is 14.9. The maximum absolute atomic E-state index is 5.92. The number of nitrogens with zero attached hydrogens (tertiary/aromatic N) is 2. The number of nitrogens with two attached hydrogens (primary N) is 2. The molecule has 4 N–H and O–H groups in total. The summed E-state index contributed by atoms with van der Waals surface area (Å²) in [6.45, 7) is 0. The Kier molecular flexibility index (Phi) is 2.90. The second kappa shape index (κ2) is 4.35. The second-order valence-electron chi connectivity index (χ2n) is 4.01. The summed E-state index contributed by atoms with van der Waals surface area (Å²) in [6.07, 6.45) is 3.91. The first kappa shape index (κ1) is 10.7. The van der Waals surface area contributed by atoms with Crippen molar-refractivity contribution < 1.29 is 0 Å². The Morgan fingerprint density at radius 3 is 2.81 bits per heavy atom. The zero-order valence-electron chi connectivity index (χ0n) is 9.35. The van der Waals surface area contributed by atoms with Crippen molar-refractivity contribution in [3.63, 3.8) is 0 Å². The summed E-state index contributed by atoms with van der Waals surface area (Å²) < 4.78 is 0. The molecule has 0 atom stereocenters. The van der Waals surface area contributed by atoms with Crippen LogP contribution in [0, 0.1) is 0 Å². The van der Waals surface area contributed by atoms with Crippen LogP contribution in [-0.2, 0) is 0 Å². The van der Waals surface area contributed by atoms with E-state index in [0.717, 1.165) is 5.56 Å². The fourth-order valence-electron chi connectivity index (χ4n) is 1.74. The van der Waals surface area contributed by atoms with Crippen molar-refractivity contribution in [1.29, 1.82) is 0 Å². The van der Waals surface area contributed by atoms with Gasteiger partial charge in [0.25, 0.3) is 0 Å². The van der Waals surface area contributed by atoms with Gasteiger partial charge in [-0.1, -0.05) is 6.07 Å². The first-order chi connectivity index (χ1) is 7.72. The summed E-state index contributed by atoms with van der Waals surface area (Å²) in [4.78, 5) is 7.86. The van der Waals surface area contributed by atoms with Gasteiger partial charge in [0.15, 0.2) is 0 Å². The maximum Gasteiger partial charge on any atom is 0.132 e. The predicted molar refractivity (Wildman–Crippen MR) is 68.0 cm³/mol. The Bertz CT molecular complexity index is 444. The van der Waals surface area contributed by atoms with Gasteiger partial charge in [-0.2, -0.15) is 0 Å². The third-order valence-electron chi connectivity index (χ3n) is 2.68.